The summed E-state index contributed by atoms with van der Waals surface area (Å²) in [5, 5.41) is 0. The van der Waals surface area contributed by atoms with Crippen LogP contribution in [-0.4, -0.2) is 0 Å². The molecule has 0 radical (unpaired) electrons. The van der Waals surface area contributed by atoms with E-state index in [1.54, 1.807) is 0 Å². The van der Waals surface area contributed by atoms with E-state index in [0.717, 1.165) is 0 Å². The number of rotatable bonds is 8. The largest absolute Gasteiger partial charge is 0.166 e. The van der Waals surface area contributed by atoms with E-state index >= 15 is 0 Å². The first kappa shape index (κ1) is 30.3. The molecule has 0 aliphatic rings. The maximum absolute atomic E-state index is 2.29. The first-order chi connectivity index (χ1) is 19.3. The van der Waals surface area contributed by atoms with Crippen molar-refractivity contribution >= 4 is 33.6 Å². The van der Waals surface area contributed by atoms with Crippen molar-refractivity contribution < 1.29 is 0 Å². The van der Waals surface area contributed by atoms with Gasteiger partial charge in [-0.15, -0.1) is 0 Å². The van der Waals surface area contributed by atoms with Gasteiger partial charge in [0.25, 0.3) is 0 Å². The van der Waals surface area contributed by atoms with E-state index in [1.807, 2.05) is 11.8 Å². The Kier molecular flexibility index (Phi) is 11.0. The molecule has 0 bridgehead atoms. The average molecular weight is 589 g/mol. The molecular weight excluding hydrogens is 553 g/mol. The van der Waals surface area contributed by atoms with Gasteiger partial charge in [0, 0.05) is 9.79 Å². The monoisotopic (exact) mass is 588 g/mol. The summed E-state index contributed by atoms with van der Waals surface area (Å²) in [5.74, 6) is 0. The normalized spacial score (nSPS) is 10.6. The van der Waals surface area contributed by atoms with Crippen LogP contribution in [-0.2, 0) is 21.8 Å². The number of hydrogen-bond acceptors (Lipinski definition) is 1. The highest BCUT2D eigenvalue weighted by Crippen LogP contribution is 2.36. The summed E-state index contributed by atoms with van der Waals surface area (Å²) in [6.45, 7) is 0. The lowest BCUT2D eigenvalue weighted by molar-refractivity contribution is 1.27. The Labute approximate surface area is 256 Å². The van der Waals surface area contributed by atoms with Crippen LogP contribution in [0.5, 0.6) is 0 Å². The van der Waals surface area contributed by atoms with Crippen molar-refractivity contribution in [2.75, 3.05) is 0 Å². The van der Waals surface area contributed by atoms with Crippen LogP contribution in [0.3, 0.4) is 0 Å². The molecular formula is C38H36S3+2. The van der Waals surface area contributed by atoms with E-state index in [2.05, 4.69) is 170 Å². The molecule has 0 aliphatic heterocycles. The molecule has 6 aromatic carbocycles. The van der Waals surface area contributed by atoms with E-state index in [1.165, 1.54) is 39.2 Å². The van der Waals surface area contributed by atoms with Crippen molar-refractivity contribution in [2.24, 2.45) is 0 Å². The molecule has 41 heavy (non-hydrogen) atoms. The second-order valence-electron chi connectivity index (χ2n) is 8.91. The maximum Gasteiger partial charge on any atom is 0.166 e. The second-order valence-corrected chi connectivity index (χ2v) is 14.1. The molecule has 6 rings (SSSR count). The molecule has 0 fully saturated rings. The molecule has 0 heterocycles. The maximum atomic E-state index is 2.29. The van der Waals surface area contributed by atoms with Crippen molar-refractivity contribution in [1.29, 1.82) is 0 Å². The standard InChI is InChI=1S/C36H28S3.2CH4/c1-5-13-31(14-6-1)38(32-15-7-2-8-16-32)35-25-21-29(22-26-35)37-30-23-27-36(28-24-30)39(33-17-9-3-10-18-33)34-19-11-4-12-20-34;;/h1-28H;2*1H4/q+2;;. The Morgan fingerprint density at radius 3 is 0.732 bits per heavy atom. The average Bonchev–Trinajstić information content (AvgIpc) is 3.01. The van der Waals surface area contributed by atoms with Gasteiger partial charge in [0.1, 0.15) is 0 Å². The molecule has 204 valence electrons. The topological polar surface area (TPSA) is 0 Å². The van der Waals surface area contributed by atoms with Crippen LogP contribution in [0.15, 0.2) is 209 Å². The van der Waals surface area contributed by atoms with E-state index in [0.29, 0.717) is 0 Å². The minimum atomic E-state index is -0.123. The fourth-order valence-corrected chi connectivity index (χ4v) is 9.45. The van der Waals surface area contributed by atoms with Gasteiger partial charge < -0.3 is 0 Å². The van der Waals surface area contributed by atoms with Crippen LogP contribution in [0.2, 0.25) is 0 Å². The highest BCUT2D eigenvalue weighted by Gasteiger charge is 2.29. The lowest BCUT2D eigenvalue weighted by Gasteiger charge is -2.10. The van der Waals surface area contributed by atoms with Crippen molar-refractivity contribution in [3.63, 3.8) is 0 Å². The summed E-state index contributed by atoms with van der Waals surface area (Å²) >= 11 is 1.82. The van der Waals surface area contributed by atoms with Gasteiger partial charge in [-0.05, 0) is 97.1 Å². The van der Waals surface area contributed by atoms with E-state index in [4.69, 9.17) is 0 Å². The Morgan fingerprint density at radius 2 is 0.488 bits per heavy atom. The summed E-state index contributed by atoms with van der Waals surface area (Å²) in [6, 6.07) is 61.5. The minimum Gasteiger partial charge on any atom is -0.0901 e. The van der Waals surface area contributed by atoms with Crippen LogP contribution < -0.4 is 0 Å². The third kappa shape index (κ3) is 7.37. The molecule has 0 saturated carbocycles. The predicted octanol–water partition coefficient (Wildman–Crippen LogP) is 11.3. The quantitative estimate of drug-likeness (QED) is 0.159. The predicted molar refractivity (Wildman–Crippen MR) is 181 cm³/mol. The highest BCUT2D eigenvalue weighted by molar-refractivity contribution is 7.99. The fourth-order valence-electron chi connectivity index (χ4n) is 4.47. The van der Waals surface area contributed by atoms with Crippen LogP contribution in [0.4, 0.5) is 0 Å². The van der Waals surface area contributed by atoms with Crippen LogP contribution in [0.25, 0.3) is 0 Å². The lowest BCUT2D eigenvalue weighted by atomic mass is 10.3. The molecule has 0 atom stereocenters. The summed E-state index contributed by atoms with van der Waals surface area (Å²) in [7, 11) is -0.245. The van der Waals surface area contributed by atoms with Crippen LogP contribution in [0, 0.1) is 0 Å². The molecule has 3 heteroatoms. The SMILES string of the molecule is C.C.c1ccc([S+](c2ccccc2)c2ccc(Sc3ccc([S+](c4ccccc4)c4ccccc4)cc3)cc2)cc1. The van der Waals surface area contributed by atoms with Crippen molar-refractivity contribution in [3.05, 3.63) is 170 Å². The fraction of sp³-hybridized carbons (Fsp3) is 0.0526. The molecule has 6 aromatic rings. The zero-order chi connectivity index (χ0) is 26.3. The first-order valence-electron chi connectivity index (χ1n) is 12.9. The third-order valence-corrected chi connectivity index (χ3v) is 11.7. The Bertz CT molecular complexity index is 1380. The Hall–Kier alpha value is -3.63. The summed E-state index contributed by atoms with van der Waals surface area (Å²) in [6.07, 6.45) is 0. The number of benzene rings is 6. The summed E-state index contributed by atoms with van der Waals surface area (Å²) < 4.78 is 0. The highest BCUT2D eigenvalue weighted by atomic mass is 32.2. The molecule has 0 aromatic heterocycles. The van der Waals surface area contributed by atoms with Gasteiger partial charge in [-0.25, -0.2) is 0 Å². The molecule has 0 saturated heterocycles. The van der Waals surface area contributed by atoms with Gasteiger partial charge in [0.2, 0.25) is 0 Å². The first-order valence-corrected chi connectivity index (χ1v) is 16.2. The second kappa shape index (κ2) is 14.8. The number of hydrogen-bond donors (Lipinski definition) is 0. The summed E-state index contributed by atoms with van der Waals surface area (Å²) in [4.78, 5) is 10.5. The van der Waals surface area contributed by atoms with Gasteiger partial charge in [-0.2, -0.15) is 0 Å². The third-order valence-electron chi connectivity index (χ3n) is 6.27. The van der Waals surface area contributed by atoms with Crippen LogP contribution in [0.1, 0.15) is 14.9 Å². The van der Waals surface area contributed by atoms with Gasteiger partial charge in [0.05, 0.1) is 21.8 Å². The smallest absolute Gasteiger partial charge is 0.0901 e. The molecule has 0 unspecified atom stereocenters. The Morgan fingerprint density at radius 1 is 0.268 bits per heavy atom. The van der Waals surface area contributed by atoms with E-state index < -0.39 is 0 Å². The molecule has 0 amide bonds. The van der Waals surface area contributed by atoms with Gasteiger partial charge >= 0.3 is 0 Å². The van der Waals surface area contributed by atoms with Crippen molar-refractivity contribution in [3.8, 4) is 0 Å². The Balaban J connectivity index is 0.00000194. The lowest BCUT2D eigenvalue weighted by Crippen LogP contribution is -2.04. The molecule has 0 aliphatic carbocycles. The molecule has 0 nitrogen and oxygen atoms in total. The zero-order valence-corrected chi connectivity index (χ0v) is 23.8. The minimum absolute atomic E-state index is 0. The summed E-state index contributed by atoms with van der Waals surface area (Å²) in [5.41, 5.74) is 0. The van der Waals surface area contributed by atoms with Gasteiger partial charge in [0.15, 0.2) is 29.4 Å². The van der Waals surface area contributed by atoms with Gasteiger partial charge in [-0.1, -0.05) is 99.4 Å². The molecule has 0 spiro atoms. The van der Waals surface area contributed by atoms with Crippen molar-refractivity contribution in [2.45, 2.75) is 54.0 Å². The van der Waals surface area contributed by atoms with Crippen molar-refractivity contribution in [1.82, 2.24) is 0 Å². The van der Waals surface area contributed by atoms with Gasteiger partial charge in [-0.3, -0.25) is 0 Å². The van der Waals surface area contributed by atoms with Crippen LogP contribution >= 0.6 is 11.8 Å². The zero-order valence-electron chi connectivity index (χ0n) is 21.4. The van der Waals surface area contributed by atoms with E-state index in [9.17, 15) is 0 Å². The van der Waals surface area contributed by atoms with E-state index in [-0.39, 0.29) is 36.6 Å². The molecule has 0 N–H and O–H groups in total.